The van der Waals surface area contributed by atoms with E-state index in [-0.39, 0.29) is 0 Å². The van der Waals surface area contributed by atoms with Gasteiger partial charge in [-0.3, -0.25) is 4.90 Å². The van der Waals surface area contributed by atoms with Crippen LogP contribution >= 0.6 is 0 Å². The molecule has 2 heteroatoms. The van der Waals surface area contributed by atoms with Crippen LogP contribution in [0.2, 0.25) is 0 Å². The summed E-state index contributed by atoms with van der Waals surface area (Å²) in [7, 11) is 2.18. The number of allylic oxidation sites excluding steroid dienone is 2. The lowest BCUT2D eigenvalue weighted by Crippen LogP contribution is -2.36. The summed E-state index contributed by atoms with van der Waals surface area (Å²) in [5.74, 6) is 1.76. The summed E-state index contributed by atoms with van der Waals surface area (Å²) in [6.45, 7) is 14.8. The molecule has 126 valence electrons. The lowest BCUT2D eigenvalue weighted by atomic mass is 9.92. The Bertz CT molecular complexity index is 402. The maximum Gasteiger partial charge on any atom is 0.118 e. The molecule has 0 radical (unpaired) electrons. The van der Waals surface area contributed by atoms with Gasteiger partial charge in [-0.05, 0) is 63.3 Å². The van der Waals surface area contributed by atoms with Crippen LogP contribution in [0.1, 0.15) is 59.8 Å². The van der Waals surface area contributed by atoms with Crippen LogP contribution < -0.4 is 0 Å². The first-order valence-corrected chi connectivity index (χ1v) is 8.94. The summed E-state index contributed by atoms with van der Waals surface area (Å²) in [5.41, 5.74) is 2.68. The predicted molar refractivity (Wildman–Crippen MR) is 96.9 cm³/mol. The summed E-state index contributed by atoms with van der Waals surface area (Å²) in [5, 5.41) is 0. The largest absolute Gasteiger partial charge is 0.493 e. The van der Waals surface area contributed by atoms with Gasteiger partial charge in [-0.1, -0.05) is 39.3 Å². The van der Waals surface area contributed by atoms with Gasteiger partial charge in [-0.25, -0.2) is 0 Å². The highest BCUT2D eigenvalue weighted by atomic mass is 16.5. The third kappa shape index (κ3) is 5.01. The molecule has 0 bridgehead atoms. The lowest BCUT2D eigenvalue weighted by molar-refractivity contribution is 0.154. The topological polar surface area (TPSA) is 12.5 Å². The van der Waals surface area contributed by atoms with Gasteiger partial charge < -0.3 is 4.74 Å². The molecule has 0 aliphatic carbocycles. The van der Waals surface area contributed by atoms with E-state index >= 15 is 0 Å². The van der Waals surface area contributed by atoms with Crippen molar-refractivity contribution in [3.05, 3.63) is 35.6 Å². The van der Waals surface area contributed by atoms with Crippen LogP contribution in [0.5, 0.6) is 0 Å². The Morgan fingerprint density at radius 3 is 2.50 bits per heavy atom. The van der Waals surface area contributed by atoms with Crippen molar-refractivity contribution in [2.24, 2.45) is 5.92 Å². The zero-order valence-electron chi connectivity index (χ0n) is 15.3. The molecule has 0 spiro atoms. The number of nitrogens with zero attached hydrogens (tertiary/aromatic N) is 1. The van der Waals surface area contributed by atoms with Gasteiger partial charge in [-0.2, -0.15) is 0 Å². The molecule has 1 unspecified atom stereocenters. The van der Waals surface area contributed by atoms with Gasteiger partial charge >= 0.3 is 0 Å². The molecule has 0 saturated carbocycles. The Balaban J connectivity index is 2.82. The number of hydrogen-bond acceptors (Lipinski definition) is 2. The maximum absolute atomic E-state index is 6.25. The summed E-state index contributed by atoms with van der Waals surface area (Å²) in [6.07, 6.45) is 10.2. The van der Waals surface area contributed by atoms with Gasteiger partial charge in [0.1, 0.15) is 5.76 Å². The molecule has 1 heterocycles. The highest BCUT2D eigenvalue weighted by Gasteiger charge is 2.24. The van der Waals surface area contributed by atoms with Crippen LogP contribution in [0.15, 0.2) is 35.6 Å². The van der Waals surface area contributed by atoms with Gasteiger partial charge in [0.25, 0.3) is 0 Å². The normalized spacial score (nSPS) is 20.6. The molecule has 22 heavy (non-hydrogen) atoms. The van der Waals surface area contributed by atoms with Gasteiger partial charge in [0.2, 0.25) is 0 Å². The van der Waals surface area contributed by atoms with Crippen molar-refractivity contribution in [2.75, 3.05) is 20.2 Å². The molecule has 1 rings (SSSR count). The van der Waals surface area contributed by atoms with E-state index in [4.69, 9.17) is 4.74 Å². The molecular weight excluding hydrogens is 270 g/mol. The van der Waals surface area contributed by atoms with Crippen LogP contribution in [-0.2, 0) is 4.74 Å². The molecule has 0 aromatic carbocycles. The van der Waals surface area contributed by atoms with E-state index in [1.165, 1.54) is 36.8 Å². The van der Waals surface area contributed by atoms with E-state index in [0.717, 1.165) is 25.3 Å². The molecule has 0 N–H and O–H groups in total. The molecular formula is C20H35NO. The molecule has 1 aliphatic heterocycles. The van der Waals surface area contributed by atoms with Crippen molar-refractivity contribution in [1.82, 2.24) is 4.90 Å². The van der Waals surface area contributed by atoms with E-state index < -0.39 is 0 Å². The van der Waals surface area contributed by atoms with Crippen molar-refractivity contribution < 1.29 is 4.74 Å². The van der Waals surface area contributed by atoms with Crippen molar-refractivity contribution in [1.29, 1.82) is 0 Å². The lowest BCUT2D eigenvalue weighted by Gasteiger charge is -2.34. The van der Waals surface area contributed by atoms with Crippen LogP contribution in [-0.4, -0.2) is 31.1 Å². The third-order valence-electron chi connectivity index (χ3n) is 4.82. The van der Waals surface area contributed by atoms with Crippen LogP contribution in [0, 0.1) is 5.92 Å². The zero-order valence-corrected chi connectivity index (χ0v) is 15.3. The second-order valence-corrected chi connectivity index (χ2v) is 6.45. The minimum atomic E-state index is 0.418. The molecule has 1 atom stereocenters. The highest BCUT2D eigenvalue weighted by Crippen LogP contribution is 2.30. The molecule has 2 nitrogen and oxygen atoms in total. The van der Waals surface area contributed by atoms with E-state index in [0.29, 0.717) is 12.0 Å². The van der Waals surface area contributed by atoms with Crippen molar-refractivity contribution in [2.45, 2.75) is 65.8 Å². The first kappa shape index (κ1) is 19.0. The summed E-state index contributed by atoms with van der Waals surface area (Å²) in [6, 6.07) is 0.418. The minimum Gasteiger partial charge on any atom is -0.493 e. The van der Waals surface area contributed by atoms with Crippen LogP contribution in [0.25, 0.3) is 0 Å². The zero-order chi connectivity index (χ0) is 16.5. The summed E-state index contributed by atoms with van der Waals surface area (Å²) >= 11 is 0. The average molecular weight is 306 g/mol. The SMILES string of the molecule is C=CC1=C(/C(=C\C)OCC(CCC)CCC)CCN(C)C1C. The number of likely N-dealkylation sites (N-methyl/N-ethyl adjacent to an activating group) is 1. The van der Waals surface area contributed by atoms with Gasteiger partial charge in [-0.15, -0.1) is 0 Å². The predicted octanol–water partition coefficient (Wildman–Crippen LogP) is 5.33. The molecule has 1 aliphatic rings. The fourth-order valence-electron chi connectivity index (χ4n) is 3.35. The first-order valence-electron chi connectivity index (χ1n) is 8.94. The Morgan fingerprint density at radius 2 is 2.00 bits per heavy atom. The third-order valence-corrected chi connectivity index (χ3v) is 4.82. The fourth-order valence-corrected chi connectivity index (χ4v) is 3.35. The van der Waals surface area contributed by atoms with Crippen LogP contribution in [0.3, 0.4) is 0 Å². The Morgan fingerprint density at radius 1 is 1.36 bits per heavy atom. The standard InChI is InChI=1S/C20H35NO/c1-7-11-17(12-8-2)15-22-20(10-4)19-13-14-21(6)16(5)18(19)9-3/h9-10,16-17H,3,7-8,11-15H2,1-2,4-6H3/b20-10+. The number of hydrogen-bond donors (Lipinski definition) is 0. The Kier molecular flexibility index (Phi) is 8.55. The average Bonchev–Trinajstić information content (AvgIpc) is 2.51. The smallest absolute Gasteiger partial charge is 0.118 e. The second-order valence-electron chi connectivity index (χ2n) is 6.45. The van der Waals surface area contributed by atoms with Gasteiger partial charge in [0, 0.05) is 12.6 Å². The molecule has 0 aromatic rings. The molecule has 0 fully saturated rings. The molecule has 0 amide bonds. The second kappa shape index (κ2) is 9.89. The number of ether oxygens (including phenoxy) is 1. The monoisotopic (exact) mass is 305 g/mol. The van der Waals surface area contributed by atoms with E-state index in [1.54, 1.807) is 0 Å². The quantitative estimate of drug-likeness (QED) is 0.534. The van der Waals surface area contributed by atoms with Crippen molar-refractivity contribution in [3.8, 4) is 0 Å². The first-order chi connectivity index (χ1) is 10.6. The minimum absolute atomic E-state index is 0.418. The van der Waals surface area contributed by atoms with Gasteiger partial charge in [0.05, 0.1) is 6.61 Å². The number of rotatable bonds is 9. The maximum atomic E-state index is 6.25. The summed E-state index contributed by atoms with van der Waals surface area (Å²) < 4.78 is 6.25. The van der Waals surface area contributed by atoms with Crippen molar-refractivity contribution >= 4 is 0 Å². The molecule has 0 aromatic heterocycles. The highest BCUT2D eigenvalue weighted by molar-refractivity contribution is 5.41. The van der Waals surface area contributed by atoms with Crippen LogP contribution in [0.4, 0.5) is 0 Å². The summed E-state index contributed by atoms with van der Waals surface area (Å²) in [4.78, 5) is 2.38. The fraction of sp³-hybridized carbons (Fsp3) is 0.700. The molecule has 0 saturated heterocycles. The van der Waals surface area contributed by atoms with Gasteiger partial charge in [0.15, 0.2) is 0 Å². The van der Waals surface area contributed by atoms with E-state index in [2.05, 4.69) is 52.3 Å². The van der Waals surface area contributed by atoms with Crippen molar-refractivity contribution in [3.63, 3.8) is 0 Å². The Labute approximate surface area is 137 Å². The van der Waals surface area contributed by atoms with E-state index in [1.807, 2.05) is 6.08 Å². The van der Waals surface area contributed by atoms with E-state index in [9.17, 15) is 0 Å². The Hall–Kier alpha value is -1.02.